The van der Waals surface area contributed by atoms with Crippen molar-refractivity contribution in [1.82, 2.24) is 9.97 Å². The zero-order chi connectivity index (χ0) is 19.3. The Balaban J connectivity index is 1.69. The number of allylic oxidation sites excluding steroid dienone is 1. The van der Waals surface area contributed by atoms with Gasteiger partial charge in [-0.1, -0.05) is 0 Å². The van der Waals surface area contributed by atoms with Crippen LogP contribution < -0.4 is 4.90 Å². The van der Waals surface area contributed by atoms with Crippen LogP contribution in [0, 0.1) is 0 Å². The third-order valence-electron chi connectivity index (χ3n) is 5.28. The summed E-state index contributed by atoms with van der Waals surface area (Å²) in [6, 6.07) is 6.53. The van der Waals surface area contributed by atoms with Gasteiger partial charge in [-0.05, 0) is 43.2 Å². The van der Waals surface area contributed by atoms with E-state index in [0.29, 0.717) is 41.1 Å². The van der Waals surface area contributed by atoms with E-state index >= 15 is 0 Å². The fourth-order valence-corrected chi connectivity index (χ4v) is 3.84. The van der Waals surface area contributed by atoms with Crippen LogP contribution >= 0.6 is 0 Å². The van der Waals surface area contributed by atoms with E-state index in [1.807, 2.05) is 6.07 Å². The second kappa shape index (κ2) is 6.44. The van der Waals surface area contributed by atoms with Crippen LogP contribution in [0.4, 0.5) is 10.2 Å². The molecular weight excluding hydrogens is 361 g/mol. The predicted octanol–water partition coefficient (Wildman–Crippen LogP) is 4.44. The highest BCUT2D eigenvalue weighted by Crippen LogP contribution is 2.36. The molecule has 0 saturated carbocycles. The summed E-state index contributed by atoms with van der Waals surface area (Å²) >= 11 is 0. The molecule has 0 unspecified atom stereocenters. The predicted molar refractivity (Wildman–Crippen MR) is 103 cm³/mol. The van der Waals surface area contributed by atoms with Crippen molar-refractivity contribution in [1.29, 1.82) is 0 Å². The van der Waals surface area contributed by atoms with Crippen LogP contribution in [-0.2, 0) is 6.42 Å². The number of rotatable bonds is 3. The number of aromatic carboxylic acids is 1. The summed E-state index contributed by atoms with van der Waals surface area (Å²) in [5.41, 5.74) is 2.66. The monoisotopic (exact) mass is 379 g/mol. The molecular formula is C21H18FN3O3. The molecule has 1 aromatic carbocycles. The number of hydrogen-bond donors (Lipinski definition) is 1. The SMILES string of the molecule is O=C(O)c1ccc2nc(-c3cc4c(o3)CCC(F)=C4)c(N3CCCC3)nc2c1. The van der Waals surface area contributed by atoms with E-state index in [1.54, 1.807) is 12.1 Å². The number of hydrogen-bond acceptors (Lipinski definition) is 5. The number of benzene rings is 1. The summed E-state index contributed by atoms with van der Waals surface area (Å²) in [5.74, 6) is 0.859. The summed E-state index contributed by atoms with van der Waals surface area (Å²) in [6.45, 7) is 1.72. The molecule has 28 heavy (non-hydrogen) atoms. The molecule has 0 atom stereocenters. The average molecular weight is 379 g/mol. The van der Waals surface area contributed by atoms with E-state index < -0.39 is 5.97 Å². The van der Waals surface area contributed by atoms with Crippen LogP contribution in [0.3, 0.4) is 0 Å². The van der Waals surface area contributed by atoms with E-state index in [-0.39, 0.29) is 11.4 Å². The van der Waals surface area contributed by atoms with Gasteiger partial charge in [0.15, 0.2) is 11.6 Å². The minimum Gasteiger partial charge on any atom is -0.478 e. The average Bonchev–Trinajstić information content (AvgIpc) is 3.35. The first kappa shape index (κ1) is 16.9. The summed E-state index contributed by atoms with van der Waals surface area (Å²) in [4.78, 5) is 22.9. The van der Waals surface area contributed by atoms with E-state index in [9.17, 15) is 14.3 Å². The minimum atomic E-state index is -0.997. The van der Waals surface area contributed by atoms with Crippen LogP contribution in [0.25, 0.3) is 28.6 Å². The third-order valence-corrected chi connectivity index (χ3v) is 5.28. The zero-order valence-electron chi connectivity index (χ0n) is 15.1. The Hall–Kier alpha value is -3.22. The van der Waals surface area contributed by atoms with Gasteiger partial charge in [0.25, 0.3) is 0 Å². The highest BCUT2D eigenvalue weighted by molar-refractivity contribution is 5.93. The molecule has 1 aliphatic carbocycles. The van der Waals surface area contributed by atoms with Gasteiger partial charge in [0, 0.05) is 31.5 Å². The number of aromatic nitrogens is 2. The minimum absolute atomic E-state index is 0.148. The number of anilines is 1. The van der Waals surface area contributed by atoms with E-state index in [0.717, 1.165) is 37.3 Å². The quantitative estimate of drug-likeness (QED) is 0.724. The Morgan fingerprint density at radius 1 is 1.11 bits per heavy atom. The number of aryl methyl sites for hydroxylation is 1. The van der Waals surface area contributed by atoms with Crippen molar-refractivity contribution >= 4 is 28.9 Å². The molecule has 1 saturated heterocycles. The number of fused-ring (bicyclic) bond motifs is 2. The Morgan fingerprint density at radius 2 is 1.93 bits per heavy atom. The van der Waals surface area contributed by atoms with Gasteiger partial charge in [0.05, 0.1) is 16.6 Å². The van der Waals surface area contributed by atoms with Crippen molar-refractivity contribution in [3.63, 3.8) is 0 Å². The maximum atomic E-state index is 13.6. The van der Waals surface area contributed by atoms with Crippen molar-refractivity contribution in [2.45, 2.75) is 25.7 Å². The first-order chi connectivity index (χ1) is 13.6. The van der Waals surface area contributed by atoms with Gasteiger partial charge >= 0.3 is 5.97 Å². The van der Waals surface area contributed by atoms with Crippen LogP contribution in [0.1, 0.15) is 40.9 Å². The molecule has 1 aliphatic heterocycles. The second-order valence-electron chi connectivity index (χ2n) is 7.18. The molecule has 1 fully saturated rings. The number of nitrogens with zero attached hydrogens (tertiary/aromatic N) is 3. The molecule has 6 nitrogen and oxygen atoms in total. The lowest BCUT2D eigenvalue weighted by atomic mass is 10.0. The molecule has 2 aliphatic rings. The Bertz CT molecular complexity index is 1130. The van der Waals surface area contributed by atoms with Crippen LogP contribution in [-0.4, -0.2) is 34.1 Å². The summed E-state index contributed by atoms with van der Waals surface area (Å²) in [7, 11) is 0. The maximum Gasteiger partial charge on any atom is 0.335 e. The first-order valence-electron chi connectivity index (χ1n) is 9.38. The topological polar surface area (TPSA) is 79.5 Å². The lowest BCUT2D eigenvalue weighted by Crippen LogP contribution is -2.20. The molecule has 0 spiro atoms. The standard InChI is InChI=1S/C21H18FN3O3/c22-14-4-6-17-13(9-14)11-18(28-17)19-20(25-7-1-2-8-25)24-16-10-12(21(26)27)3-5-15(16)23-19/h3,5,9-11H,1-2,4,6-8H2,(H,26,27). The van der Waals surface area contributed by atoms with Gasteiger partial charge in [0.2, 0.25) is 0 Å². The van der Waals surface area contributed by atoms with Crippen molar-refractivity contribution in [3.05, 3.63) is 47.0 Å². The van der Waals surface area contributed by atoms with Crippen molar-refractivity contribution < 1.29 is 18.7 Å². The molecule has 7 heteroatoms. The molecule has 142 valence electrons. The van der Waals surface area contributed by atoms with Crippen LogP contribution in [0.5, 0.6) is 0 Å². The molecule has 2 aromatic heterocycles. The van der Waals surface area contributed by atoms with Gasteiger partial charge in [0.1, 0.15) is 17.3 Å². The van der Waals surface area contributed by atoms with Gasteiger partial charge in [-0.3, -0.25) is 0 Å². The smallest absolute Gasteiger partial charge is 0.335 e. The first-order valence-corrected chi connectivity index (χ1v) is 9.38. The van der Waals surface area contributed by atoms with Gasteiger partial charge in [-0.25, -0.2) is 19.2 Å². The molecule has 3 heterocycles. The van der Waals surface area contributed by atoms with Gasteiger partial charge in [-0.15, -0.1) is 0 Å². The molecule has 5 rings (SSSR count). The second-order valence-corrected chi connectivity index (χ2v) is 7.18. The van der Waals surface area contributed by atoms with Gasteiger partial charge < -0.3 is 14.4 Å². The number of halogens is 1. The number of carboxylic acid groups (broad SMARTS) is 1. The number of carboxylic acids is 1. The largest absolute Gasteiger partial charge is 0.478 e. The maximum absolute atomic E-state index is 13.6. The third kappa shape index (κ3) is 2.83. The highest BCUT2D eigenvalue weighted by atomic mass is 19.1. The van der Waals surface area contributed by atoms with Gasteiger partial charge in [-0.2, -0.15) is 0 Å². The highest BCUT2D eigenvalue weighted by Gasteiger charge is 2.25. The molecule has 0 bridgehead atoms. The summed E-state index contributed by atoms with van der Waals surface area (Å²) in [6.07, 6.45) is 4.52. The van der Waals surface area contributed by atoms with E-state index in [1.165, 1.54) is 12.1 Å². The molecule has 0 radical (unpaired) electrons. The normalized spacial score (nSPS) is 16.3. The Morgan fingerprint density at radius 3 is 2.71 bits per heavy atom. The van der Waals surface area contributed by atoms with Crippen molar-refractivity contribution in [3.8, 4) is 11.5 Å². The molecule has 0 amide bonds. The van der Waals surface area contributed by atoms with Crippen LogP contribution in [0.2, 0.25) is 0 Å². The lowest BCUT2D eigenvalue weighted by Gasteiger charge is -2.19. The lowest BCUT2D eigenvalue weighted by molar-refractivity contribution is 0.0697. The molecule has 1 N–H and O–H groups in total. The van der Waals surface area contributed by atoms with Crippen molar-refractivity contribution in [2.24, 2.45) is 0 Å². The zero-order valence-corrected chi connectivity index (χ0v) is 15.1. The Kier molecular flexibility index (Phi) is 3.89. The van der Waals surface area contributed by atoms with Crippen LogP contribution in [0.15, 0.2) is 34.5 Å². The van der Waals surface area contributed by atoms with E-state index in [2.05, 4.69) is 4.90 Å². The van der Waals surface area contributed by atoms with E-state index in [4.69, 9.17) is 14.4 Å². The number of furan rings is 1. The molecule has 3 aromatic rings. The Labute approximate surface area is 160 Å². The fraction of sp³-hybridized carbons (Fsp3) is 0.286. The number of carbonyl (C=O) groups is 1. The summed E-state index contributed by atoms with van der Waals surface area (Å²) < 4.78 is 19.7. The summed E-state index contributed by atoms with van der Waals surface area (Å²) in [5, 5.41) is 9.26. The van der Waals surface area contributed by atoms with Crippen molar-refractivity contribution in [2.75, 3.05) is 18.0 Å². The fourth-order valence-electron chi connectivity index (χ4n) is 3.84.